The van der Waals surface area contributed by atoms with E-state index < -0.39 is 22.2 Å². The maximum absolute atomic E-state index is 13.7. The smallest absolute Gasteiger partial charge is 0.265 e. The van der Waals surface area contributed by atoms with Gasteiger partial charge in [0, 0.05) is 24.8 Å². The first-order valence-electron chi connectivity index (χ1n) is 11.3. The van der Waals surface area contributed by atoms with Crippen LogP contribution in [0.15, 0.2) is 41.3 Å². The average molecular weight is 470 g/mol. The number of aryl methyl sites for hydroxylation is 2. The fourth-order valence-corrected chi connectivity index (χ4v) is 6.84. The molecule has 8 nitrogen and oxygen atoms in total. The minimum absolute atomic E-state index is 0.100. The van der Waals surface area contributed by atoms with Gasteiger partial charge in [-0.25, -0.2) is 8.42 Å². The van der Waals surface area contributed by atoms with Gasteiger partial charge in [0.05, 0.1) is 10.6 Å². The zero-order chi connectivity index (χ0) is 23.3. The first-order chi connectivity index (χ1) is 15.8. The quantitative estimate of drug-likeness (QED) is 0.746. The van der Waals surface area contributed by atoms with Crippen LogP contribution in [0.2, 0.25) is 0 Å². The molecular weight excluding hydrogens is 442 g/mol. The van der Waals surface area contributed by atoms with Gasteiger partial charge >= 0.3 is 0 Å². The van der Waals surface area contributed by atoms with Gasteiger partial charge in [-0.2, -0.15) is 4.31 Å². The van der Waals surface area contributed by atoms with Gasteiger partial charge in [-0.15, -0.1) is 0 Å². The van der Waals surface area contributed by atoms with E-state index in [1.165, 1.54) is 10.4 Å². The van der Waals surface area contributed by atoms with Gasteiger partial charge in [-0.05, 0) is 62.8 Å². The molecule has 3 aliphatic heterocycles. The van der Waals surface area contributed by atoms with E-state index in [4.69, 9.17) is 4.74 Å². The summed E-state index contributed by atoms with van der Waals surface area (Å²) in [5, 5.41) is 2.74. The zero-order valence-corrected chi connectivity index (χ0v) is 19.5. The van der Waals surface area contributed by atoms with Crippen molar-refractivity contribution in [3.8, 4) is 5.75 Å². The van der Waals surface area contributed by atoms with Crippen LogP contribution in [-0.2, 0) is 26.0 Å². The van der Waals surface area contributed by atoms with E-state index in [0.29, 0.717) is 42.9 Å². The third kappa shape index (κ3) is 3.69. The summed E-state index contributed by atoms with van der Waals surface area (Å²) in [5.74, 6) is -0.126. The number of nitrogens with zero attached hydrogens (tertiary/aromatic N) is 2. The number of hydrogen-bond acceptors (Lipinski definition) is 5. The number of benzene rings is 2. The summed E-state index contributed by atoms with van der Waals surface area (Å²) in [5.41, 5.74) is 2.94. The Labute approximate surface area is 193 Å². The van der Waals surface area contributed by atoms with Crippen LogP contribution in [0.3, 0.4) is 0 Å². The Hall–Kier alpha value is -2.91. The number of sulfonamides is 1. The van der Waals surface area contributed by atoms with Crippen LogP contribution in [0.4, 0.5) is 11.4 Å². The van der Waals surface area contributed by atoms with Crippen molar-refractivity contribution >= 4 is 33.2 Å². The van der Waals surface area contributed by atoms with Crippen molar-refractivity contribution in [2.45, 2.75) is 56.6 Å². The first kappa shape index (κ1) is 21.9. The molecule has 2 unspecified atom stereocenters. The maximum atomic E-state index is 13.7. The van der Waals surface area contributed by atoms with Gasteiger partial charge in [0.2, 0.25) is 15.9 Å². The number of fused-ring (bicyclic) bond motifs is 2. The van der Waals surface area contributed by atoms with E-state index in [9.17, 15) is 18.0 Å². The van der Waals surface area contributed by atoms with Crippen molar-refractivity contribution in [2.75, 3.05) is 23.3 Å². The standard InChI is InChI=1S/C24H27N3O5S/c1-15-13-18-21(32-16(2)23(28)25-18)14-22(15)33(30,31)27-12-6-10-20(27)24(29)26-11-5-8-17-7-3-4-9-19(17)26/h3-4,7,9,13-14,16,20H,5-6,8,10-12H2,1-2H3,(H,25,28). The monoisotopic (exact) mass is 469 g/mol. The summed E-state index contributed by atoms with van der Waals surface area (Å²) in [6.45, 7) is 4.17. The molecule has 33 heavy (non-hydrogen) atoms. The average Bonchev–Trinajstić information content (AvgIpc) is 3.30. The number of anilines is 2. The second-order valence-corrected chi connectivity index (χ2v) is 10.7. The van der Waals surface area contributed by atoms with Crippen molar-refractivity contribution in [2.24, 2.45) is 0 Å². The molecule has 9 heteroatoms. The van der Waals surface area contributed by atoms with Gasteiger partial charge in [0.25, 0.3) is 5.91 Å². The predicted molar refractivity (Wildman–Crippen MR) is 124 cm³/mol. The molecule has 174 valence electrons. The molecule has 0 radical (unpaired) electrons. The van der Waals surface area contributed by atoms with Crippen molar-refractivity contribution in [1.29, 1.82) is 0 Å². The van der Waals surface area contributed by atoms with Gasteiger partial charge in [-0.1, -0.05) is 18.2 Å². The lowest BCUT2D eigenvalue weighted by molar-refractivity contribution is -0.123. The molecule has 5 rings (SSSR count). The summed E-state index contributed by atoms with van der Waals surface area (Å²) < 4.78 is 34.5. The predicted octanol–water partition coefficient (Wildman–Crippen LogP) is 2.85. The molecule has 1 fully saturated rings. The third-order valence-corrected chi connectivity index (χ3v) is 8.71. The van der Waals surface area contributed by atoms with Crippen molar-refractivity contribution in [3.63, 3.8) is 0 Å². The molecule has 1 saturated heterocycles. The Kier molecular flexibility index (Phi) is 5.41. The van der Waals surface area contributed by atoms with Crippen molar-refractivity contribution in [1.82, 2.24) is 4.31 Å². The lowest BCUT2D eigenvalue weighted by Gasteiger charge is -2.34. The Morgan fingerprint density at radius 1 is 1.15 bits per heavy atom. The summed E-state index contributed by atoms with van der Waals surface area (Å²) in [6, 6.07) is 10.2. The van der Waals surface area contributed by atoms with Crippen LogP contribution >= 0.6 is 0 Å². The molecule has 1 N–H and O–H groups in total. The Bertz CT molecular complexity index is 1240. The molecule has 3 aliphatic rings. The zero-order valence-electron chi connectivity index (χ0n) is 18.7. The van der Waals surface area contributed by atoms with Crippen LogP contribution in [0.1, 0.15) is 37.3 Å². The molecule has 2 atom stereocenters. The summed E-state index contributed by atoms with van der Waals surface area (Å²) in [4.78, 5) is 27.4. The highest BCUT2D eigenvalue weighted by molar-refractivity contribution is 7.89. The second kappa shape index (κ2) is 8.14. The summed E-state index contributed by atoms with van der Waals surface area (Å²) in [6.07, 6.45) is 2.17. The molecule has 0 aromatic heterocycles. The topological polar surface area (TPSA) is 96.0 Å². The summed E-state index contributed by atoms with van der Waals surface area (Å²) >= 11 is 0. The largest absolute Gasteiger partial charge is 0.479 e. The first-order valence-corrected chi connectivity index (χ1v) is 12.7. The molecule has 0 aliphatic carbocycles. The Morgan fingerprint density at radius 2 is 1.94 bits per heavy atom. The highest BCUT2D eigenvalue weighted by atomic mass is 32.2. The number of rotatable bonds is 3. The molecular formula is C24H27N3O5S. The fraction of sp³-hybridized carbons (Fsp3) is 0.417. The number of hydrogen-bond donors (Lipinski definition) is 1. The van der Waals surface area contributed by atoms with Crippen LogP contribution < -0.4 is 15.0 Å². The SMILES string of the molecule is Cc1cc2c(cc1S(=O)(=O)N1CCCC1C(=O)N1CCCc3ccccc31)OC(C)C(=O)N2. The Morgan fingerprint density at radius 3 is 2.76 bits per heavy atom. The normalized spacial score (nSPS) is 22.8. The number of carbonyl (C=O) groups excluding carboxylic acids is 2. The van der Waals surface area contributed by atoms with Gasteiger partial charge in [0.1, 0.15) is 11.8 Å². The molecule has 3 heterocycles. The van der Waals surface area contributed by atoms with E-state index in [1.807, 2.05) is 24.3 Å². The second-order valence-electron chi connectivity index (χ2n) is 8.86. The van der Waals surface area contributed by atoms with Crippen LogP contribution in [0.25, 0.3) is 0 Å². The van der Waals surface area contributed by atoms with E-state index in [1.54, 1.807) is 24.8 Å². The van der Waals surface area contributed by atoms with Crippen LogP contribution in [0, 0.1) is 6.92 Å². The molecule has 0 bridgehead atoms. The molecule has 0 spiro atoms. The summed E-state index contributed by atoms with van der Waals surface area (Å²) in [7, 11) is -3.95. The number of para-hydroxylation sites is 1. The van der Waals surface area contributed by atoms with Crippen molar-refractivity contribution < 1.29 is 22.7 Å². The Balaban J connectivity index is 1.47. The van der Waals surface area contributed by atoms with Gasteiger partial charge in [0.15, 0.2) is 6.10 Å². The third-order valence-electron chi connectivity index (χ3n) is 6.66. The number of ether oxygens (including phenoxy) is 1. The molecule has 2 aromatic carbocycles. The number of nitrogens with one attached hydrogen (secondary N) is 1. The lowest BCUT2D eigenvalue weighted by atomic mass is 10.0. The molecule has 0 saturated carbocycles. The number of carbonyl (C=O) groups is 2. The van der Waals surface area contributed by atoms with Crippen LogP contribution in [-0.4, -0.2) is 49.8 Å². The maximum Gasteiger partial charge on any atom is 0.265 e. The van der Waals surface area contributed by atoms with E-state index in [2.05, 4.69) is 5.32 Å². The molecule has 2 aromatic rings. The fourth-order valence-electron chi connectivity index (χ4n) is 4.96. The minimum Gasteiger partial charge on any atom is -0.479 e. The molecule has 2 amide bonds. The highest BCUT2D eigenvalue weighted by Gasteiger charge is 2.43. The van der Waals surface area contributed by atoms with Gasteiger partial charge < -0.3 is 15.0 Å². The van der Waals surface area contributed by atoms with E-state index >= 15 is 0 Å². The van der Waals surface area contributed by atoms with Crippen LogP contribution in [0.5, 0.6) is 5.75 Å². The number of amides is 2. The lowest BCUT2D eigenvalue weighted by Crippen LogP contribution is -2.49. The van der Waals surface area contributed by atoms with Gasteiger partial charge in [-0.3, -0.25) is 9.59 Å². The van der Waals surface area contributed by atoms with E-state index in [-0.39, 0.29) is 16.7 Å². The van der Waals surface area contributed by atoms with E-state index in [0.717, 1.165) is 24.1 Å². The van der Waals surface area contributed by atoms with Crippen molar-refractivity contribution in [3.05, 3.63) is 47.5 Å². The highest BCUT2D eigenvalue weighted by Crippen LogP contribution is 2.38. The minimum atomic E-state index is -3.95.